The number of allylic oxidation sites excluding steroid dienone is 2. The molecule has 0 N–H and O–H groups in total. The maximum absolute atomic E-state index is 12.5. The average molecular weight is 465 g/mol. The van der Waals surface area contributed by atoms with Crippen LogP contribution in [-0.2, 0) is 19.1 Å². The lowest BCUT2D eigenvalue weighted by Crippen LogP contribution is -2.34. The number of esters is 2. The van der Waals surface area contributed by atoms with E-state index in [0.717, 1.165) is 25.7 Å². The van der Waals surface area contributed by atoms with Crippen LogP contribution in [0.25, 0.3) is 0 Å². The van der Waals surface area contributed by atoms with Crippen LogP contribution < -0.4 is 0 Å². The van der Waals surface area contributed by atoms with Gasteiger partial charge in [0.05, 0.1) is 25.0 Å². The van der Waals surface area contributed by atoms with Gasteiger partial charge in [0.25, 0.3) is 0 Å². The second kappa shape index (κ2) is 21.2. The third-order valence-electron chi connectivity index (χ3n) is 6.77. The number of rotatable bonds is 21. The summed E-state index contributed by atoms with van der Waals surface area (Å²) < 4.78 is 10.9. The topological polar surface area (TPSA) is 52.6 Å². The van der Waals surface area contributed by atoms with E-state index < -0.39 is 0 Å². The quantitative estimate of drug-likeness (QED) is 0.0973. The van der Waals surface area contributed by atoms with E-state index in [1.54, 1.807) is 0 Å². The van der Waals surface area contributed by atoms with Crippen molar-refractivity contribution >= 4 is 11.9 Å². The van der Waals surface area contributed by atoms with Crippen molar-refractivity contribution in [3.8, 4) is 0 Å². The number of carbonyl (C=O) groups is 2. The van der Waals surface area contributed by atoms with Crippen molar-refractivity contribution in [3.05, 3.63) is 12.2 Å². The molecule has 2 atom stereocenters. The van der Waals surface area contributed by atoms with Gasteiger partial charge in [-0.1, -0.05) is 122 Å². The second-order valence-corrected chi connectivity index (χ2v) is 9.79. The van der Waals surface area contributed by atoms with Crippen LogP contribution in [0.5, 0.6) is 0 Å². The Morgan fingerprint density at radius 1 is 0.545 bits per heavy atom. The van der Waals surface area contributed by atoms with E-state index in [9.17, 15) is 9.59 Å². The second-order valence-electron chi connectivity index (χ2n) is 9.79. The molecular formula is C29H52O4. The van der Waals surface area contributed by atoms with Crippen molar-refractivity contribution in [2.75, 3.05) is 13.2 Å². The molecule has 0 bridgehead atoms. The van der Waals surface area contributed by atoms with Crippen LogP contribution >= 0.6 is 0 Å². The van der Waals surface area contributed by atoms with Crippen LogP contribution in [0.2, 0.25) is 0 Å². The van der Waals surface area contributed by atoms with Gasteiger partial charge in [-0.15, -0.1) is 0 Å². The molecule has 0 radical (unpaired) electrons. The lowest BCUT2D eigenvalue weighted by Gasteiger charge is -2.25. The Morgan fingerprint density at radius 2 is 0.879 bits per heavy atom. The Labute approximate surface area is 204 Å². The van der Waals surface area contributed by atoms with Gasteiger partial charge in [-0.25, -0.2) is 0 Å². The first-order chi connectivity index (χ1) is 16.2. The summed E-state index contributed by atoms with van der Waals surface area (Å²) >= 11 is 0. The SMILES string of the molecule is CCCCCCCCCCCCCCCCCOC(=O)C1CC=CCC1C(=O)OCCCC. The molecule has 0 heterocycles. The van der Waals surface area contributed by atoms with E-state index in [-0.39, 0.29) is 23.8 Å². The first-order valence-corrected chi connectivity index (χ1v) is 14.2. The molecule has 0 amide bonds. The van der Waals surface area contributed by atoms with Crippen molar-refractivity contribution in [2.24, 2.45) is 11.8 Å². The molecule has 0 saturated carbocycles. The van der Waals surface area contributed by atoms with Gasteiger partial charge in [0.1, 0.15) is 0 Å². The van der Waals surface area contributed by atoms with E-state index in [1.807, 2.05) is 12.2 Å². The Kier molecular flexibility index (Phi) is 19.1. The maximum atomic E-state index is 12.5. The van der Waals surface area contributed by atoms with Gasteiger partial charge in [-0.3, -0.25) is 9.59 Å². The first kappa shape index (κ1) is 29.7. The molecule has 0 aromatic rings. The maximum Gasteiger partial charge on any atom is 0.310 e. The number of unbranched alkanes of at least 4 members (excludes halogenated alkanes) is 15. The van der Waals surface area contributed by atoms with Crippen molar-refractivity contribution in [3.63, 3.8) is 0 Å². The molecule has 1 aliphatic carbocycles. The molecule has 4 heteroatoms. The Balaban J connectivity index is 1.98. The van der Waals surface area contributed by atoms with Crippen LogP contribution in [0.3, 0.4) is 0 Å². The van der Waals surface area contributed by atoms with Gasteiger partial charge in [0, 0.05) is 0 Å². The molecular weight excluding hydrogens is 412 g/mol. The molecule has 0 saturated heterocycles. The summed E-state index contributed by atoms with van der Waals surface area (Å²) in [5, 5.41) is 0. The van der Waals surface area contributed by atoms with Crippen molar-refractivity contribution in [1.82, 2.24) is 0 Å². The molecule has 0 aromatic heterocycles. The Hall–Kier alpha value is -1.32. The normalized spacial score (nSPS) is 17.8. The fourth-order valence-corrected chi connectivity index (χ4v) is 4.51. The summed E-state index contributed by atoms with van der Waals surface area (Å²) in [4.78, 5) is 24.9. The highest BCUT2D eigenvalue weighted by molar-refractivity contribution is 5.82. The van der Waals surface area contributed by atoms with Crippen LogP contribution in [-0.4, -0.2) is 25.2 Å². The van der Waals surface area contributed by atoms with E-state index in [2.05, 4.69) is 13.8 Å². The molecule has 0 spiro atoms. The fourth-order valence-electron chi connectivity index (χ4n) is 4.51. The highest BCUT2D eigenvalue weighted by atomic mass is 16.5. The van der Waals surface area contributed by atoms with Gasteiger partial charge in [0.15, 0.2) is 0 Å². The minimum Gasteiger partial charge on any atom is -0.465 e. The van der Waals surface area contributed by atoms with E-state index in [0.29, 0.717) is 26.1 Å². The summed E-state index contributed by atoms with van der Waals surface area (Å²) in [6.45, 7) is 5.25. The summed E-state index contributed by atoms with van der Waals surface area (Å²) in [5.41, 5.74) is 0. The van der Waals surface area contributed by atoms with E-state index >= 15 is 0 Å². The van der Waals surface area contributed by atoms with Gasteiger partial charge >= 0.3 is 11.9 Å². The van der Waals surface area contributed by atoms with Crippen molar-refractivity contribution in [1.29, 1.82) is 0 Å². The zero-order valence-electron chi connectivity index (χ0n) is 21.8. The van der Waals surface area contributed by atoms with Gasteiger partial charge < -0.3 is 9.47 Å². The first-order valence-electron chi connectivity index (χ1n) is 14.2. The van der Waals surface area contributed by atoms with Crippen LogP contribution in [0, 0.1) is 11.8 Å². The van der Waals surface area contributed by atoms with Crippen LogP contribution in [0.15, 0.2) is 12.2 Å². The largest absolute Gasteiger partial charge is 0.465 e. The van der Waals surface area contributed by atoms with Crippen LogP contribution in [0.1, 0.15) is 136 Å². The highest BCUT2D eigenvalue weighted by Gasteiger charge is 2.36. The lowest BCUT2D eigenvalue weighted by molar-refractivity contribution is -0.161. The standard InChI is InChI=1S/C29H52O4/c1-3-5-7-8-9-10-11-12-13-14-15-16-17-18-21-25-33-29(31)27-23-20-19-22-26(27)28(30)32-24-6-4-2/h19-20,26-27H,3-18,21-25H2,1-2H3. The molecule has 2 unspecified atom stereocenters. The summed E-state index contributed by atoms with van der Waals surface area (Å²) in [6, 6.07) is 0. The van der Waals surface area contributed by atoms with Gasteiger partial charge in [-0.05, 0) is 25.7 Å². The van der Waals surface area contributed by atoms with Gasteiger partial charge in [0.2, 0.25) is 0 Å². The van der Waals surface area contributed by atoms with Crippen molar-refractivity contribution < 1.29 is 19.1 Å². The van der Waals surface area contributed by atoms with Crippen molar-refractivity contribution in [2.45, 2.75) is 136 Å². The third kappa shape index (κ3) is 15.2. The van der Waals surface area contributed by atoms with Crippen LogP contribution in [0.4, 0.5) is 0 Å². The predicted molar refractivity (Wildman–Crippen MR) is 137 cm³/mol. The van der Waals surface area contributed by atoms with E-state index in [4.69, 9.17) is 9.47 Å². The van der Waals surface area contributed by atoms with Gasteiger partial charge in [-0.2, -0.15) is 0 Å². The minimum absolute atomic E-state index is 0.234. The number of ether oxygens (including phenoxy) is 2. The molecule has 0 aromatic carbocycles. The number of hydrogen-bond acceptors (Lipinski definition) is 4. The molecule has 0 fully saturated rings. The fraction of sp³-hybridized carbons (Fsp3) is 0.862. The zero-order valence-corrected chi connectivity index (χ0v) is 21.8. The molecule has 1 rings (SSSR count). The number of carbonyl (C=O) groups excluding carboxylic acids is 2. The third-order valence-corrected chi connectivity index (χ3v) is 6.77. The number of hydrogen-bond donors (Lipinski definition) is 0. The molecule has 4 nitrogen and oxygen atoms in total. The predicted octanol–water partition coefficient (Wildman–Crippen LogP) is 8.33. The van der Waals surface area contributed by atoms with E-state index in [1.165, 1.54) is 83.5 Å². The summed E-state index contributed by atoms with van der Waals surface area (Å²) in [6.07, 6.45) is 26.8. The molecule has 1 aliphatic rings. The molecule has 192 valence electrons. The smallest absolute Gasteiger partial charge is 0.310 e. The molecule has 33 heavy (non-hydrogen) atoms. The highest BCUT2D eigenvalue weighted by Crippen LogP contribution is 2.28. The Bertz CT molecular complexity index is 514. The minimum atomic E-state index is -0.389. The summed E-state index contributed by atoms with van der Waals surface area (Å²) in [7, 11) is 0. The zero-order chi connectivity index (χ0) is 24.0. The average Bonchev–Trinajstić information content (AvgIpc) is 2.83. The Morgan fingerprint density at radius 3 is 1.27 bits per heavy atom. The molecule has 0 aliphatic heterocycles. The summed E-state index contributed by atoms with van der Waals surface area (Å²) in [5.74, 6) is -1.26. The monoisotopic (exact) mass is 464 g/mol. The lowest BCUT2D eigenvalue weighted by atomic mass is 9.83.